The summed E-state index contributed by atoms with van der Waals surface area (Å²) in [5.41, 5.74) is 0. The Morgan fingerprint density at radius 2 is 0.829 bits per heavy atom. The van der Waals surface area contributed by atoms with E-state index in [1.54, 1.807) is 12.5 Å². The third-order valence-electron chi connectivity index (χ3n) is 5.05. The van der Waals surface area contributed by atoms with Crippen LogP contribution in [0.25, 0.3) is 0 Å². The molecule has 0 aliphatic rings. The first-order valence-electron chi connectivity index (χ1n) is 13.9. The molecule has 0 atom stereocenters. The minimum atomic E-state index is 0.107. The first-order valence-corrected chi connectivity index (χ1v) is 13.9. The van der Waals surface area contributed by atoms with Gasteiger partial charge >= 0.3 is 0 Å². The number of ether oxygens (including phenoxy) is 7. The molecule has 0 rings (SSSR count). The van der Waals surface area contributed by atoms with Gasteiger partial charge in [-0.25, -0.2) is 0 Å². The summed E-state index contributed by atoms with van der Waals surface area (Å²) in [7, 11) is 0. The highest BCUT2D eigenvalue weighted by molar-refractivity contribution is 4.88. The molecule has 0 fully saturated rings. The molecule has 0 aliphatic carbocycles. The van der Waals surface area contributed by atoms with Crippen molar-refractivity contribution in [3.05, 3.63) is 24.0 Å². The van der Waals surface area contributed by atoms with Crippen LogP contribution in [0.4, 0.5) is 0 Å². The van der Waals surface area contributed by atoms with Crippen LogP contribution in [0.15, 0.2) is 24.0 Å². The van der Waals surface area contributed by atoms with Gasteiger partial charge in [-0.3, -0.25) is 0 Å². The third-order valence-corrected chi connectivity index (χ3v) is 5.05. The van der Waals surface area contributed by atoms with Crippen molar-refractivity contribution in [1.29, 1.82) is 0 Å². The second-order valence-electron chi connectivity index (χ2n) is 8.57. The molecular formula is C28H54O7. The molecule has 0 aromatic carbocycles. The number of hydrogen-bond donors (Lipinski definition) is 0. The van der Waals surface area contributed by atoms with Gasteiger partial charge in [-0.2, -0.15) is 0 Å². The zero-order valence-electron chi connectivity index (χ0n) is 23.2. The molecule has 0 spiro atoms. The van der Waals surface area contributed by atoms with Crippen LogP contribution in [0.1, 0.15) is 105 Å². The van der Waals surface area contributed by atoms with Crippen molar-refractivity contribution in [2.24, 2.45) is 0 Å². The molecule has 0 amide bonds. The Hall–Kier alpha value is -1.44. The highest BCUT2D eigenvalue weighted by atomic mass is 16.7. The minimum Gasteiger partial charge on any atom is -0.498 e. The number of rotatable bonds is 28. The van der Waals surface area contributed by atoms with E-state index in [0.29, 0.717) is 51.2 Å². The molecule has 0 radical (unpaired) electrons. The molecule has 0 aromatic heterocycles. The van der Waals surface area contributed by atoms with E-state index in [2.05, 4.69) is 27.7 Å². The standard InChI is InChI=1S/C28H54O7/c1-5-9-13-17-29-21-27(34-19-15-11-7-3)23-31-25-33-26-32-24-28(35-20-16-12-8-4)22-30-18-14-10-6-2/h21-22H,5-20,23-26H2,1-4H3. The molecule has 0 bridgehead atoms. The Kier molecular flexibility index (Phi) is 27.6. The smallest absolute Gasteiger partial charge is 0.156 e. The van der Waals surface area contributed by atoms with Crippen LogP contribution in [-0.4, -0.2) is 53.2 Å². The highest BCUT2D eigenvalue weighted by Gasteiger charge is 2.03. The molecule has 0 N–H and O–H groups in total. The van der Waals surface area contributed by atoms with Crippen molar-refractivity contribution in [2.75, 3.05) is 53.2 Å². The normalized spacial score (nSPS) is 12.1. The Morgan fingerprint density at radius 3 is 1.20 bits per heavy atom. The summed E-state index contributed by atoms with van der Waals surface area (Å²) in [5, 5.41) is 0. The molecule has 7 heteroatoms. The first-order chi connectivity index (χ1) is 17.3. The Bertz CT molecular complexity index is 438. The van der Waals surface area contributed by atoms with Gasteiger partial charge in [0.2, 0.25) is 0 Å². The van der Waals surface area contributed by atoms with Gasteiger partial charge in [0.05, 0.1) is 26.4 Å². The van der Waals surface area contributed by atoms with E-state index < -0.39 is 0 Å². The predicted molar refractivity (Wildman–Crippen MR) is 141 cm³/mol. The minimum absolute atomic E-state index is 0.107. The van der Waals surface area contributed by atoms with Gasteiger partial charge in [0.25, 0.3) is 0 Å². The van der Waals surface area contributed by atoms with Crippen molar-refractivity contribution < 1.29 is 33.2 Å². The SMILES string of the molecule is CCCCCOC=C(COCOCOCC(=COCCCCC)OCCCCC)OCCCCC. The van der Waals surface area contributed by atoms with Gasteiger partial charge < -0.3 is 33.2 Å². The molecule has 35 heavy (non-hydrogen) atoms. The molecule has 0 aliphatic heterocycles. The summed E-state index contributed by atoms with van der Waals surface area (Å²) < 4.78 is 39.5. The molecule has 0 heterocycles. The average Bonchev–Trinajstić information content (AvgIpc) is 2.87. The van der Waals surface area contributed by atoms with E-state index in [-0.39, 0.29) is 13.6 Å². The Balaban J connectivity index is 4.18. The quantitative estimate of drug-likeness (QED) is 0.0625. The topological polar surface area (TPSA) is 64.6 Å². The summed E-state index contributed by atoms with van der Waals surface area (Å²) >= 11 is 0. The van der Waals surface area contributed by atoms with Crippen LogP contribution in [0.3, 0.4) is 0 Å². The maximum atomic E-state index is 5.81. The van der Waals surface area contributed by atoms with Crippen LogP contribution in [0.5, 0.6) is 0 Å². The molecule has 0 saturated heterocycles. The van der Waals surface area contributed by atoms with Crippen molar-refractivity contribution in [2.45, 2.75) is 105 Å². The first kappa shape index (κ1) is 33.6. The van der Waals surface area contributed by atoms with Gasteiger partial charge in [-0.05, 0) is 25.7 Å². The Morgan fingerprint density at radius 1 is 0.457 bits per heavy atom. The number of hydrogen-bond acceptors (Lipinski definition) is 7. The number of unbranched alkanes of at least 4 members (excludes halogenated alkanes) is 8. The van der Waals surface area contributed by atoms with E-state index in [9.17, 15) is 0 Å². The monoisotopic (exact) mass is 502 g/mol. The second-order valence-corrected chi connectivity index (χ2v) is 8.57. The van der Waals surface area contributed by atoms with Crippen molar-refractivity contribution in [1.82, 2.24) is 0 Å². The van der Waals surface area contributed by atoms with Gasteiger partial charge in [-0.1, -0.05) is 79.1 Å². The maximum Gasteiger partial charge on any atom is 0.156 e. The van der Waals surface area contributed by atoms with Crippen molar-refractivity contribution in [3.63, 3.8) is 0 Å². The lowest BCUT2D eigenvalue weighted by molar-refractivity contribution is -0.131. The van der Waals surface area contributed by atoms with E-state index in [0.717, 1.165) is 64.2 Å². The average molecular weight is 503 g/mol. The molecular weight excluding hydrogens is 448 g/mol. The van der Waals surface area contributed by atoms with E-state index in [1.165, 1.54) is 12.8 Å². The van der Waals surface area contributed by atoms with Crippen molar-refractivity contribution >= 4 is 0 Å². The fourth-order valence-corrected chi connectivity index (χ4v) is 2.94. The third kappa shape index (κ3) is 25.5. The highest BCUT2D eigenvalue weighted by Crippen LogP contribution is 2.06. The Labute approximate surface area is 215 Å². The van der Waals surface area contributed by atoms with Crippen LogP contribution >= 0.6 is 0 Å². The summed E-state index contributed by atoms with van der Waals surface area (Å²) in [4.78, 5) is 0. The zero-order chi connectivity index (χ0) is 25.7. The summed E-state index contributed by atoms with van der Waals surface area (Å²) in [5.74, 6) is 1.38. The van der Waals surface area contributed by atoms with Crippen molar-refractivity contribution in [3.8, 4) is 0 Å². The molecule has 7 nitrogen and oxygen atoms in total. The lowest BCUT2D eigenvalue weighted by Crippen LogP contribution is -2.11. The zero-order valence-corrected chi connectivity index (χ0v) is 23.2. The van der Waals surface area contributed by atoms with Crippen LogP contribution in [0.2, 0.25) is 0 Å². The van der Waals surface area contributed by atoms with E-state index in [1.807, 2.05) is 0 Å². The van der Waals surface area contributed by atoms with Crippen LogP contribution in [0, 0.1) is 0 Å². The molecule has 0 unspecified atom stereocenters. The summed E-state index contributed by atoms with van der Waals surface area (Å²) in [6, 6.07) is 0. The predicted octanol–water partition coefficient (Wildman–Crippen LogP) is 7.46. The van der Waals surface area contributed by atoms with Gasteiger partial charge in [0, 0.05) is 0 Å². The van der Waals surface area contributed by atoms with Crippen LogP contribution < -0.4 is 0 Å². The summed E-state index contributed by atoms with van der Waals surface area (Å²) in [6.45, 7) is 12.2. The maximum absolute atomic E-state index is 5.81. The van der Waals surface area contributed by atoms with Crippen LogP contribution in [-0.2, 0) is 33.2 Å². The van der Waals surface area contributed by atoms with Gasteiger partial charge in [0.15, 0.2) is 11.5 Å². The van der Waals surface area contributed by atoms with Gasteiger partial charge in [-0.15, -0.1) is 0 Å². The summed E-state index contributed by atoms with van der Waals surface area (Å²) in [6.07, 6.45) is 16.7. The fraction of sp³-hybridized carbons (Fsp3) is 0.857. The van der Waals surface area contributed by atoms with Gasteiger partial charge in [0.1, 0.15) is 39.3 Å². The fourth-order valence-electron chi connectivity index (χ4n) is 2.94. The van der Waals surface area contributed by atoms with E-state index >= 15 is 0 Å². The second kappa shape index (κ2) is 28.8. The largest absolute Gasteiger partial charge is 0.498 e. The molecule has 0 saturated carbocycles. The molecule has 0 aromatic rings. The lowest BCUT2D eigenvalue weighted by Gasteiger charge is -2.13. The van der Waals surface area contributed by atoms with E-state index in [4.69, 9.17) is 33.2 Å². The lowest BCUT2D eigenvalue weighted by atomic mass is 10.3. The molecule has 208 valence electrons.